The summed E-state index contributed by atoms with van der Waals surface area (Å²) in [7, 11) is 0. The highest BCUT2D eigenvalue weighted by molar-refractivity contribution is 6.30. The van der Waals surface area contributed by atoms with E-state index in [0.717, 1.165) is 5.56 Å². The Hall–Kier alpha value is -2.56. The fourth-order valence-electron chi connectivity index (χ4n) is 2.84. The molecule has 0 bridgehead atoms. The molecular weight excluding hydrogens is 301 g/mol. The first-order valence-electron chi connectivity index (χ1n) is 7.23. The van der Waals surface area contributed by atoms with Gasteiger partial charge in [0.1, 0.15) is 17.5 Å². The van der Waals surface area contributed by atoms with Gasteiger partial charge in [-0.1, -0.05) is 30.3 Å². The third-order valence-corrected chi connectivity index (χ3v) is 3.83. The number of hydrogen-bond acceptors (Lipinski definition) is 2. The van der Waals surface area contributed by atoms with Crippen LogP contribution in [0, 0.1) is 17.5 Å². The highest BCUT2D eigenvalue weighted by atomic mass is 19.1. The maximum absolute atomic E-state index is 14.3. The van der Waals surface area contributed by atoms with Crippen LogP contribution in [0.2, 0.25) is 0 Å². The van der Waals surface area contributed by atoms with E-state index in [1.807, 2.05) is 30.3 Å². The standard InChI is InChI=1S/C18H15F3N2/c1-10-16(12-6-4-3-5-7-12)17(11(2)23-22-10)18-14(20)8-13(19)9-15(18)21/h3-9,11,23H,1-2H3. The van der Waals surface area contributed by atoms with E-state index in [1.54, 1.807) is 13.8 Å². The lowest BCUT2D eigenvalue weighted by molar-refractivity contribution is 0.535. The van der Waals surface area contributed by atoms with E-state index in [2.05, 4.69) is 10.5 Å². The van der Waals surface area contributed by atoms with Crippen molar-refractivity contribution in [2.24, 2.45) is 5.10 Å². The molecule has 5 heteroatoms. The molecule has 0 radical (unpaired) electrons. The Morgan fingerprint density at radius 3 is 2.22 bits per heavy atom. The van der Waals surface area contributed by atoms with Crippen LogP contribution in [0.15, 0.2) is 47.6 Å². The first kappa shape index (κ1) is 15.3. The van der Waals surface area contributed by atoms with Gasteiger partial charge in [-0.15, -0.1) is 0 Å². The molecule has 1 N–H and O–H groups in total. The van der Waals surface area contributed by atoms with Crippen LogP contribution >= 0.6 is 0 Å². The van der Waals surface area contributed by atoms with Gasteiger partial charge in [0.2, 0.25) is 0 Å². The summed E-state index contributed by atoms with van der Waals surface area (Å²) in [5, 5.41) is 4.21. The van der Waals surface area contributed by atoms with Gasteiger partial charge in [-0.05, 0) is 25.0 Å². The zero-order valence-electron chi connectivity index (χ0n) is 12.7. The van der Waals surface area contributed by atoms with E-state index >= 15 is 0 Å². The van der Waals surface area contributed by atoms with Gasteiger partial charge in [-0.25, -0.2) is 13.2 Å². The van der Waals surface area contributed by atoms with Crippen LogP contribution in [0.5, 0.6) is 0 Å². The number of nitrogens with one attached hydrogen (secondary N) is 1. The minimum absolute atomic E-state index is 0.223. The molecule has 1 unspecified atom stereocenters. The second-order valence-corrected chi connectivity index (χ2v) is 5.45. The predicted molar refractivity (Wildman–Crippen MR) is 85.3 cm³/mol. The minimum Gasteiger partial charge on any atom is -0.303 e. The SMILES string of the molecule is CC1=NNC(C)C(c2c(F)cc(F)cc2F)=C1c1ccccc1. The summed E-state index contributed by atoms with van der Waals surface area (Å²) in [5.74, 6) is -2.78. The van der Waals surface area contributed by atoms with Crippen molar-refractivity contribution in [2.45, 2.75) is 19.9 Å². The van der Waals surface area contributed by atoms with Crippen molar-refractivity contribution < 1.29 is 13.2 Å². The van der Waals surface area contributed by atoms with Crippen molar-refractivity contribution >= 4 is 16.9 Å². The number of rotatable bonds is 2. The fraction of sp³-hybridized carbons (Fsp3) is 0.167. The first-order valence-corrected chi connectivity index (χ1v) is 7.23. The Morgan fingerprint density at radius 1 is 1.00 bits per heavy atom. The van der Waals surface area contributed by atoms with Crippen molar-refractivity contribution in [1.82, 2.24) is 5.43 Å². The van der Waals surface area contributed by atoms with E-state index in [4.69, 9.17) is 0 Å². The summed E-state index contributed by atoms with van der Waals surface area (Å²) in [6.45, 7) is 3.52. The van der Waals surface area contributed by atoms with Crippen LogP contribution < -0.4 is 5.43 Å². The number of nitrogens with zero attached hydrogens (tertiary/aromatic N) is 1. The summed E-state index contributed by atoms with van der Waals surface area (Å²) < 4.78 is 41.8. The van der Waals surface area contributed by atoms with Crippen molar-refractivity contribution in [3.8, 4) is 0 Å². The minimum atomic E-state index is -0.938. The van der Waals surface area contributed by atoms with Gasteiger partial charge in [-0.2, -0.15) is 5.10 Å². The molecule has 0 fully saturated rings. The quantitative estimate of drug-likeness (QED) is 0.873. The van der Waals surface area contributed by atoms with Crippen molar-refractivity contribution in [1.29, 1.82) is 0 Å². The van der Waals surface area contributed by atoms with Gasteiger partial charge in [0.15, 0.2) is 0 Å². The predicted octanol–water partition coefficient (Wildman–Crippen LogP) is 4.38. The average Bonchev–Trinajstić information content (AvgIpc) is 2.50. The lowest BCUT2D eigenvalue weighted by Crippen LogP contribution is -2.30. The molecule has 23 heavy (non-hydrogen) atoms. The van der Waals surface area contributed by atoms with Gasteiger partial charge in [-0.3, -0.25) is 0 Å². The Balaban J connectivity index is 2.34. The fourth-order valence-corrected chi connectivity index (χ4v) is 2.84. The van der Waals surface area contributed by atoms with Gasteiger partial charge in [0, 0.05) is 17.7 Å². The van der Waals surface area contributed by atoms with Crippen LogP contribution in [-0.2, 0) is 0 Å². The third kappa shape index (κ3) is 2.74. The molecule has 118 valence electrons. The lowest BCUT2D eigenvalue weighted by atomic mass is 9.86. The van der Waals surface area contributed by atoms with Crippen molar-refractivity contribution in [2.75, 3.05) is 0 Å². The van der Waals surface area contributed by atoms with Gasteiger partial charge < -0.3 is 5.43 Å². The molecule has 0 saturated carbocycles. The molecule has 0 amide bonds. The molecule has 1 aliphatic heterocycles. The summed E-state index contributed by atoms with van der Waals surface area (Å²) in [4.78, 5) is 0. The van der Waals surface area contributed by atoms with Crippen molar-refractivity contribution in [3.63, 3.8) is 0 Å². The monoisotopic (exact) mass is 316 g/mol. The second kappa shape index (κ2) is 5.91. The molecule has 2 aromatic carbocycles. The molecule has 1 atom stereocenters. The number of hydrazone groups is 1. The maximum atomic E-state index is 14.3. The Kier molecular flexibility index (Phi) is 3.94. The Morgan fingerprint density at radius 2 is 1.61 bits per heavy atom. The van der Waals surface area contributed by atoms with Crippen LogP contribution in [0.4, 0.5) is 13.2 Å². The highest BCUT2D eigenvalue weighted by Gasteiger charge is 2.28. The molecule has 1 aliphatic rings. The molecule has 1 heterocycles. The van der Waals surface area contributed by atoms with E-state index < -0.39 is 23.5 Å². The second-order valence-electron chi connectivity index (χ2n) is 5.45. The summed E-state index contributed by atoms with van der Waals surface area (Å²) in [6, 6.07) is 10.2. The Labute approximate surface area is 132 Å². The molecule has 2 nitrogen and oxygen atoms in total. The van der Waals surface area contributed by atoms with Crippen LogP contribution in [-0.4, -0.2) is 11.8 Å². The van der Waals surface area contributed by atoms with Crippen LogP contribution in [0.3, 0.4) is 0 Å². The number of allylic oxidation sites excluding steroid dienone is 1. The average molecular weight is 316 g/mol. The van der Waals surface area contributed by atoms with Crippen LogP contribution in [0.25, 0.3) is 11.1 Å². The van der Waals surface area contributed by atoms with E-state index in [9.17, 15) is 13.2 Å². The first-order chi connectivity index (χ1) is 11.0. The Bertz CT molecular complexity index is 787. The van der Waals surface area contributed by atoms with Gasteiger partial charge in [0.05, 0.1) is 17.3 Å². The molecule has 3 rings (SSSR count). The highest BCUT2D eigenvalue weighted by Crippen LogP contribution is 2.35. The van der Waals surface area contributed by atoms with Gasteiger partial charge >= 0.3 is 0 Å². The maximum Gasteiger partial charge on any atom is 0.136 e. The zero-order valence-corrected chi connectivity index (χ0v) is 12.7. The summed E-state index contributed by atoms with van der Waals surface area (Å²) in [6.07, 6.45) is 0. The normalized spacial score (nSPS) is 17.8. The number of hydrogen-bond donors (Lipinski definition) is 1. The molecule has 0 saturated heterocycles. The molecule has 0 aliphatic carbocycles. The third-order valence-electron chi connectivity index (χ3n) is 3.83. The topological polar surface area (TPSA) is 24.4 Å². The largest absolute Gasteiger partial charge is 0.303 e. The summed E-state index contributed by atoms with van der Waals surface area (Å²) >= 11 is 0. The number of benzene rings is 2. The van der Waals surface area contributed by atoms with E-state index in [0.29, 0.717) is 29.0 Å². The lowest BCUT2D eigenvalue weighted by Gasteiger charge is -2.27. The van der Waals surface area contributed by atoms with Gasteiger partial charge in [0.25, 0.3) is 0 Å². The van der Waals surface area contributed by atoms with Crippen molar-refractivity contribution in [3.05, 3.63) is 71.0 Å². The smallest absolute Gasteiger partial charge is 0.136 e. The molecule has 2 aromatic rings. The number of halogens is 3. The van der Waals surface area contributed by atoms with E-state index in [-0.39, 0.29) is 5.56 Å². The molecule has 0 aromatic heterocycles. The molecular formula is C18H15F3N2. The summed E-state index contributed by atoms with van der Waals surface area (Å²) in [5.41, 5.74) is 5.14. The zero-order chi connectivity index (χ0) is 16.6. The van der Waals surface area contributed by atoms with E-state index in [1.165, 1.54) is 0 Å². The molecule has 0 spiro atoms. The van der Waals surface area contributed by atoms with Crippen LogP contribution in [0.1, 0.15) is 25.0 Å².